The number of hydrogen-bond acceptors (Lipinski definition) is 4. The van der Waals surface area contributed by atoms with E-state index in [0.29, 0.717) is 13.0 Å². The van der Waals surface area contributed by atoms with E-state index in [1.165, 1.54) is 0 Å². The van der Waals surface area contributed by atoms with Gasteiger partial charge in [-0.2, -0.15) is 0 Å². The Labute approximate surface area is 116 Å². The van der Waals surface area contributed by atoms with Gasteiger partial charge in [0.1, 0.15) is 0 Å². The quantitative estimate of drug-likeness (QED) is 0.689. The summed E-state index contributed by atoms with van der Waals surface area (Å²) in [7, 11) is 0. The molecule has 0 saturated carbocycles. The zero-order valence-electron chi connectivity index (χ0n) is 11.9. The first-order chi connectivity index (χ1) is 9.04. The van der Waals surface area contributed by atoms with Crippen LogP contribution in [0.3, 0.4) is 0 Å². The lowest BCUT2D eigenvalue weighted by molar-refractivity contribution is -0.170. The van der Waals surface area contributed by atoms with Gasteiger partial charge in [-0.3, -0.25) is 0 Å². The molecule has 0 aliphatic carbocycles. The van der Waals surface area contributed by atoms with Crippen molar-refractivity contribution in [3.63, 3.8) is 0 Å². The minimum atomic E-state index is -0.876. The van der Waals surface area contributed by atoms with Gasteiger partial charge in [-0.15, -0.1) is 12.3 Å². The van der Waals surface area contributed by atoms with Gasteiger partial charge >= 0.3 is 0 Å². The van der Waals surface area contributed by atoms with Crippen LogP contribution in [0.4, 0.5) is 0 Å². The van der Waals surface area contributed by atoms with Crippen molar-refractivity contribution in [3.05, 3.63) is 0 Å². The van der Waals surface area contributed by atoms with Gasteiger partial charge in [-0.1, -0.05) is 6.92 Å². The van der Waals surface area contributed by atoms with E-state index in [0.717, 1.165) is 25.9 Å². The Morgan fingerprint density at radius 1 is 1.37 bits per heavy atom. The standard InChI is InChI=1S/C15H26O4/c1-4-12(3)15(17)13(16)9-11(2)10-19-14-7-5-6-8-18-14/h1,11-17H,5-10H2,2-3H3/t11-,12-,13-,14?,15+/m0/s1. The summed E-state index contributed by atoms with van der Waals surface area (Å²) in [6, 6.07) is 0. The van der Waals surface area contributed by atoms with Crippen molar-refractivity contribution in [2.75, 3.05) is 13.2 Å². The summed E-state index contributed by atoms with van der Waals surface area (Å²) in [6.07, 6.45) is 7.09. The van der Waals surface area contributed by atoms with Crippen molar-refractivity contribution in [3.8, 4) is 12.3 Å². The second-order valence-corrected chi connectivity index (χ2v) is 5.48. The monoisotopic (exact) mass is 270 g/mol. The van der Waals surface area contributed by atoms with Crippen LogP contribution in [-0.4, -0.2) is 41.9 Å². The van der Waals surface area contributed by atoms with Crippen LogP contribution in [0.1, 0.15) is 39.5 Å². The first-order valence-electron chi connectivity index (χ1n) is 7.10. The van der Waals surface area contributed by atoms with E-state index in [1.54, 1.807) is 6.92 Å². The molecule has 1 unspecified atom stereocenters. The molecule has 5 atom stereocenters. The second-order valence-electron chi connectivity index (χ2n) is 5.48. The summed E-state index contributed by atoms with van der Waals surface area (Å²) in [5, 5.41) is 19.7. The number of rotatable bonds is 7. The molecular formula is C15H26O4. The average molecular weight is 270 g/mol. The van der Waals surface area contributed by atoms with E-state index in [1.807, 2.05) is 6.92 Å². The maximum atomic E-state index is 9.89. The summed E-state index contributed by atoms with van der Waals surface area (Å²) < 4.78 is 11.1. The molecule has 0 radical (unpaired) electrons. The number of aliphatic hydroxyl groups excluding tert-OH is 2. The Morgan fingerprint density at radius 3 is 2.68 bits per heavy atom. The molecule has 0 aromatic heterocycles. The maximum absolute atomic E-state index is 9.89. The van der Waals surface area contributed by atoms with Gasteiger partial charge in [0.25, 0.3) is 0 Å². The predicted octanol–water partition coefficient (Wildman–Crippen LogP) is 1.55. The zero-order chi connectivity index (χ0) is 14.3. The highest BCUT2D eigenvalue weighted by Gasteiger charge is 2.24. The van der Waals surface area contributed by atoms with Gasteiger partial charge in [-0.25, -0.2) is 0 Å². The average Bonchev–Trinajstić information content (AvgIpc) is 2.44. The van der Waals surface area contributed by atoms with Gasteiger partial charge in [0, 0.05) is 12.5 Å². The van der Waals surface area contributed by atoms with Crippen molar-refractivity contribution in [1.82, 2.24) is 0 Å². The molecule has 1 rings (SSSR count). The number of aliphatic hydroxyl groups is 2. The first kappa shape index (κ1) is 16.5. The molecule has 0 bridgehead atoms. The van der Waals surface area contributed by atoms with Gasteiger partial charge in [0.2, 0.25) is 0 Å². The molecule has 0 spiro atoms. The predicted molar refractivity (Wildman–Crippen MR) is 73.3 cm³/mol. The Kier molecular flexibility index (Phi) is 7.40. The summed E-state index contributed by atoms with van der Waals surface area (Å²) in [6.45, 7) is 5.00. The fourth-order valence-electron chi connectivity index (χ4n) is 2.17. The molecule has 4 heteroatoms. The van der Waals surface area contributed by atoms with Crippen molar-refractivity contribution in [2.24, 2.45) is 11.8 Å². The van der Waals surface area contributed by atoms with Crippen molar-refractivity contribution < 1.29 is 19.7 Å². The van der Waals surface area contributed by atoms with Gasteiger partial charge in [-0.05, 0) is 38.5 Å². The van der Waals surface area contributed by atoms with E-state index in [4.69, 9.17) is 15.9 Å². The SMILES string of the molecule is C#C[C@H](C)[C@@H](O)[C@@H](O)C[C@H](C)COC1CCCCO1. The lowest BCUT2D eigenvalue weighted by atomic mass is 9.94. The molecule has 0 aromatic rings. The van der Waals surface area contributed by atoms with Crippen LogP contribution in [0, 0.1) is 24.2 Å². The van der Waals surface area contributed by atoms with Crippen molar-refractivity contribution >= 4 is 0 Å². The van der Waals surface area contributed by atoms with Crippen LogP contribution in [-0.2, 0) is 9.47 Å². The second kappa shape index (κ2) is 8.55. The summed E-state index contributed by atoms with van der Waals surface area (Å²) >= 11 is 0. The fourth-order valence-corrected chi connectivity index (χ4v) is 2.17. The van der Waals surface area contributed by atoms with E-state index in [-0.39, 0.29) is 18.1 Å². The topological polar surface area (TPSA) is 58.9 Å². The molecule has 1 aliphatic heterocycles. The number of hydrogen-bond donors (Lipinski definition) is 2. The lowest BCUT2D eigenvalue weighted by Crippen LogP contribution is -2.34. The summed E-state index contributed by atoms with van der Waals surface area (Å²) in [5.74, 6) is 2.25. The highest BCUT2D eigenvalue weighted by Crippen LogP contribution is 2.18. The third-order valence-corrected chi connectivity index (χ3v) is 3.52. The Hall–Kier alpha value is -0.600. The number of ether oxygens (including phenoxy) is 2. The minimum Gasteiger partial charge on any atom is -0.390 e. The highest BCUT2D eigenvalue weighted by atomic mass is 16.7. The smallest absolute Gasteiger partial charge is 0.157 e. The Bertz CT molecular complexity index is 280. The molecule has 4 nitrogen and oxygen atoms in total. The number of terminal acetylenes is 1. The van der Waals surface area contributed by atoms with Crippen LogP contribution in [0.25, 0.3) is 0 Å². The van der Waals surface area contributed by atoms with Crippen LogP contribution in [0.15, 0.2) is 0 Å². The molecule has 1 aliphatic rings. The molecule has 0 aromatic carbocycles. The Morgan fingerprint density at radius 2 is 2.11 bits per heavy atom. The highest BCUT2D eigenvalue weighted by molar-refractivity contribution is 4.96. The van der Waals surface area contributed by atoms with Gasteiger partial charge in [0.05, 0.1) is 18.8 Å². The molecular weight excluding hydrogens is 244 g/mol. The lowest BCUT2D eigenvalue weighted by Gasteiger charge is -2.26. The minimum absolute atomic E-state index is 0.108. The molecule has 0 amide bonds. The third-order valence-electron chi connectivity index (χ3n) is 3.52. The van der Waals surface area contributed by atoms with Gasteiger partial charge < -0.3 is 19.7 Å². The fraction of sp³-hybridized carbons (Fsp3) is 0.867. The molecule has 1 fully saturated rings. The molecule has 1 heterocycles. The zero-order valence-corrected chi connectivity index (χ0v) is 11.9. The van der Waals surface area contributed by atoms with E-state index in [9.17, 15) is 10.2 Å². The molecule has 2 N–H and O–H groups in total. The summed E-state index contributed by atoms with van der Waals surface area (Å²) in [4.78, 5) is 0. The van der Waals surface area contributed by atoms with Crippen molar-refractivity contribution in [2.45, 2.75) is 58.0 Å². The van der Waals surface area contributed by atoms with E-state index < -0.39 is 12.2 Å². The molecule has 110 valence electrons. The summed E-state index contributed by atoms with van der Waals surface area (Å²) in [5.41, 5.74) is 0. The van der Waals surface area contributed by atoms with Gasteiger partial charge in [0.15, 0.2) is 6.29 Å². The van der Waals surface area contributed by atoms with E-state index >= 15 is 0 Å². The van der Waals surface area contributed by atoms with Crippen LogP contribution < -0.4 is 0 Å². The largest absolute Gasteiger partial charge is 0.390 e. The third kappa shape index (κ3) is 5.92. The van der Waals surface area contributed by atoms with Crippen molar-refractivity contribution in [1.29, 1.82) is 0 Å². The van der Waals surface area contributed by atoms with E-state index in [2.05, 4.69) is 5.92 Å². The van der Waals surface area contributed by atoms with Crippen LogP contribution in [0.5, 0.6) is 0 Å². The molecule has 19 heavy (non-hydrogen) atoms. The first-order valence-corrected chi connectivity index (χ1v) is 7.10. The molecule has 1 saturated heterocycles. The maximum Gasteiger partial charge on any atom is 0.157 e. The normalized spacial score (nSPS) is 26.2. The van der Waals surface area contributed by atoms with Crippen LogP contribution in [0.2, 0.25) is 0 Å². The van der Waals surface area contributed by atoms with Crippen LogP contribution >= 0.6 is 0 Å². The Balaban J connectivity index is 2.22.